The quantitative estimate of drug-likeness (QED) is 0.651. The van der Waals surface area contributed by atoms with Crippen LogP contribution < -0.4 is 0 Å². The number of Topliss-reactive ketones (excluding diaryl/α,β-unsaturated/α-hetero) is 1. The molecule has 0 saturated heterocycles. The molecule has 25 heavy (non-hydrogen) atoms. The lowest BCUT2D eigenvalue weighted by Crippen LogP contribution is -2.51. The van der Waals surface area contributed by atoms with E-state index in [9.17, 15) is 9.59 Å². The van der Waals surface area contributed by atoms with Crippen LogP contribution in [0.5, 0.6) is 0 Å². The molecule has 0 radical (unpaired) electrons. The van der Waals surface area contributed by atoms with Gasteiger partial charge in [0.05, 0.1) is 0 Å². The van der Waals surface area contributed by atoms with Gasteiger partial charge >= 0.3 is 0 Å². The number of carbonyl (C=O) groups is 2. The van der Waals surface area contributed by atoms with E-state index in [1.165, 1.54) is 36.8 Å². The molecular weight excluding hydrogens is 308 g/mol. The van der Waals surface area contributed by atoms with Crippen molar-refractivity contribution in [1.29, 1.82) is 0 Å². The first kappa shape index (κ1) is 17.2. The van der Waals surface area contributed by atoms with Gasteiger partial charge in [-0.05, 0) is 94.1 Å². The summed E-state index contributed by atoms with van der Waals surface area (Å²) >= 11 is 0. The lowest BCUT2D eigenvalue weighted by atomic mass is 9.46. The molecule has 4 rings (SSSR count). The van der Waals surface area contributed by atoms with E-state index in [1.807, 2.05) is 13.0 Å². The first-order valence-corrected chi connectivity index (χ1v) is 10.1. The molecule has 0 aliphatic heterocycles. The Hall–Kier alpha value is -1.18. The topological polar surface area (TPSA) is 34.1 Å². The number of hydrogen-bond acceptors (Lipinski definition) is 2. The average molecular weight is 341 g/mol. The molecule has 0 N–H and O–H groups in total. The largest absolute Gasteiger partial charge is 0.300 e. The predicted molar refractivity (Wildman–Crippen MR) is 100 cm³/mol. The summed E-state index contributed by atoms with van der Waals surface area (Å²) in [4.78, 5) is 24.6. The maximum Gasteiger partial charge on any atom is 0.181 e. The van der Waals surface area contributed by atoms with Gasteiger partial charge in [-0.2, -0.15) is 0 Å². The van der Waals surface area contributed by atoms with Crippen LogP contribution in [0.15, 0.2) is 22.8 Å². The lowest BCUT2D eigenvalue weighted by molar-refractivity contribution is -0.127. The monoisotopic (exact) mass is 340 g/mol. The first-order valence-electron chi connectivity index (χ1n) is 10.1. The van der Waals surface area contributed by atoms with Crippen LogP contribution in [0.25, 0.3) is 0 Å². The third-order valence-corrected chi connectivity index (χ3v) is 9.10. The Morgan fingerprint density at radius 2 is 1.80 bits per heavy atom. The van der Waals surface area contributed by atoms with Crippen molar-refractivity contribution in [2.75, 3.05) is 0 Å². The molecule has 3 saturated carbocycles. The van der Waals surface area contributed by atoms with Gasteiger partial charge in [-0.15, -0.1) is 0 Å². The molecule has 0 aromatic carbocycles. The maximum atomic E-state index is 12.3. The summed E-state index contributed by atoms with van der Waals surface area (Å²) in [5.41, 5.74) is 3.94. The molecule has 2 nitrogen and oxygen atoms in total. The van der Waals surface area contributed by atoms with Crippen LogP contribution in [-0.2, 0) is 9.59 Å². The number of rotatable bonds is 1. The number of carbonyl (C=O) groups excluding carboxylic acids is 2. The summed E-state index contributed by atoms with van der Waals surface area (Å²) < 4.78 is 0. The third-order valence-electron chi connectivity index (χ3n) is 9.10. The standard InChI is InChI=1S/C23H32O2/c1-13-14(2)23(5)16(12-21(13)25)6-7-17-19-9-8-18(15(3)24)22(19,4)11-10-20(17)23/h12,17-20H,6-11H2,1-5H3/t17-,18+,19-,20-,22+,23-/m0/s1. The van der Waals surface area contributed by atoms with Crippen LogP contribution in [-0.4, -0.2) is 11.6 Å². The second-order valence-corrected chi connectivity index (χ2v) is 9.69. The second kappa shape index (κ2) is 5.41. The van der Waals surface area contributed by atoms with Gasteiger partial charge in [0.15, 0.2) is 5.78 Å². The minimum absolute atomic E-state index is 0.0660. The normalized spacial score (nSPS) is 46.3. The van der Waals surface area contributed by atoms with E-state index in [1.54, 1.807) is 6.92 Å². The van der Waals surface area contributed by atoms with Gasteiger partial charge < -0.3 is 0 Å². The van der Waals surface area contributed by atoms with Crippen molar-refractivity contribution in [2.45, 2.75) is 73.1 Å². The Morgan fingerprint density at radius 1 is 1.08 bits per heavy atom. The van der Waals surface area contributed by atoms with Gasteiger partial charge in [-0.1, -0.05) is 25.0 Å². The van der Waals surface area contributed by atoms with Crippen LogP contribution >= 0.6 is 0 Å². The van der Waals surface area contributed by atoms with E-state index in [4.69, 9.17) is 0 Å². The molecule has 3 fully saturated rings. The summed E-state index contributed by atoms with van der Waals surface area (Å²) in [6.45, 7) is 10.8. The summed E-state index contributed by atoms with van der Waals surface area (Å²) in [5.74, 6) is 2.93. The van der Waals surface area contributed by atoms with Gasteiger partial charge in [-0.25, -0.2) is 0 Å². The molecule has 4 aliphatic carbocycles. The second-order valence-electron chi connectivity index (χ2n) is 9.69. The Morgan fingerprint density at radius 3 is 2.48 bits per heavy atom. The van der Waals surface area contributed by atoms with Crippen LogP contribution in [0.4, 0.5) is 0 Å². The Balaban J connectivity index is 1.74. The lowest BCUT2D eigenvalue weighted by Gasteiger charge is -2.58. The van der Waals surface area contributed by atoms with Crippen molar-refractivity contribution in [3.63, 3.8) is 0 Å². The number of hydrogen-bond donors (Lipinski definition) is 0. The fourth-order valence-corrected chi connectivity index (χ4v) is 7.48. The van der Waals surface area contributed by atoms with Crippen molar-refractivity contribution in [3.8, 4) is 0 Å². The van der Waals surface area contributed by atoms with Gasteiger partial charge in [0.2, 0.25) is 0 Å². The first-order chi connectivity index (χ1) is 11.7. The molecule has 0 aromatic rings. The Kier molecular flexibility index (Phi) is 3.73. The van der Waals surface area contributed by atoms with E-state index >= 15 is 0 Å². The summed E-state index contributed by atoms with van der Waals surface area (Å²) in [5, 5.41) is 0. The zero-order valence-corrected chi connectivity index (χ0v) is 16.4. The van der Waals surface area contributed by atoms with Crippen molar-refractivity contribution >= 4 is 11.6 Å². The molecule has 4 aliphatic rings. The zero-order chi connectivity index (χ0) is 18.1. The van der Waals surface area contributed by atoms with E-state index in [0.717, 1.165) is 18.4 Å². The fourth-order valence-electron chi connectivity index (χ4n) is 7.48. The van der Waals surface area contributed by atoms with Crippen molar-refractivity contribution < 1.29 is 9.59 Å². The summed E-state index contributed by atoms with van der Waals surface area (Å²) in [6.07, 6.45) is 8.91. The molecule has 136 valence electrons. The Labute approximate surface area is 152 Å². The third kappa shape index (κ3) is 2.09. The van der Waals surface area contributed by atoms with Crippen molar-refractivity contribution in [1.82, 2.24) is 0 Å². The Bertz CT molecular complexity index is 712. The molecule has 0 amide bonds. The highest BCUT2D eigenvalue weighted by atomic mass is 16.1. The van der Waals surface area contributed by atoms with E-state index in [-0.39, 0.29) is 22.5 Å². The highest BCUT2D eigenvalue weighted by molar-refractivity contribution is 6.06. The van der Waals surface area contributed by atoms with E-state index in [2.05, 4.69) is 20.8 Å². The molecule has 0 aromatic heterocycles. The fraction of sp³-hybridized carbons (Fsp3) is 0.739. The number of allylic oxidation sites excluding steroid dienone is 4. The highest BCUT2D eigenvalue weighted by Gasteiger charge is 2.60. The van der Waals surface area contributed by atoms with Crippen molar-refractivity contribution in [3.05, 3.63) is 22.8 Å². The van der Waals surface area contributed by atoms with Crippen molar-refractivity contribution in [2.24, 2.45) is 34.5 Å². The van der Waals surface area contributed by atoms with Crippen LogP contribution in [0, 0.1) is 34.5 Å². The summed E-state index contributed by atoms with van der Waals surface area (Å²) in [7, 11) is 0. The smallest absolute Gasteiger partial charge is 0.181 e. The van der Waals surface area contributed by atoms with Crippen LogP contribution in [0.2, 0.25) is 0 Å². The molecule has 0 heterocycles. The maximum absolute atomic E-state index is 12.3. The summed E-state index contributed by atoms with van der Waals surface area (Å²) in [6, 6.07) is 0. The molecule has 6 atom stereocenters. The zero-order valence-electron chi connectivity index (χ0n) is 16.4. The molecule has 0 bridgehead atoms. The highest BCUT2D eigenvalue weighted by Crippen LogP contribution is 2.67. The number of fused-ring (bicyclic) bond motifs is 5. The van der Waals surface area contributed by atoms with Gasteiger partial charge in [-0.3, -0.25) is 9.59 Å². The average Bonchev–Trinajstić information content (AvgIpc) is 2.92. The molecular formula is C23H32O2. The minimum atomic E-state index is 0.0660. The van der Waals surface area contributed by atoms with Crippen LogP contribution in [0.1, 0.15) is 73.1 Å². The molecule has 0 unspecified atom stereocenters. The molecule has 0 spiro atoms. The van der Waals surface area contributed by atoms with Crippen LogP contribution in [0.3, 0.4) is 0 Å². The predicted octanol–water partition coefficient (Wildman–Crippen LogP) is 5.28. The number of ketones is 2. The molecule has 2 heteroatoms. The SMILES string of the molecule is CC(=O)[C@H]1CC[C@H]2[C@@H]3CCC4=CC(=O)C(C)=C(C)[C@]4(C)[C@H]3CC[C@]12C. The van der Waals surface area contributed by atoms with E-state index in [0.29, 0.717) is 23.5 Å². The van der Waals surface area contributed by atoms with E-state index < -0.39 is 0 Å². The van der Waals surface area contributed by atoms with Gasteiger partial charge in [0.1, 0.15) is 5.78 Å². The van der Waals surface area contributed by atoms with Gasteiger partial charge in [0, 0.05) is 11.3 Å². The minimum Gasteiger partial charge on any atom is -0.300 e. The van der Waals surface area contributed by atoms with Gasteiger partial charge in [0.25, 0.3) is 0 Å².